The number of fused-ring (bicyclic) bond motifs is 1. The van der Waals surface area contributed by atoms with Gasteiger partial charge in [-0.05, 0) is 54.7 Å². The van der Waals surface area contributed by atoms with Gasteiger partial charge in [0.2, 0.25) is 0 Å². The fraction of sp³-hybridized carbons (Fsp3) is 0.308. The van der Waals surface area contributed by atoms with Gasteiger partial charge in [-0.2, -0.15) is 0 Å². The Bertz CT molecular complexity index is 1010. The second kappa shape index (κ2) is 7.55. The maximum atomic E-state index is 13.5. The van der Waals surface area contributed by atoms with Gasteiger partial charge in [0.15, 0.2) is 11.5 Å². The van der Waals surface area contributed by atoms with Crippen molar-refractivity contribution in [2.75, 3.05) is 0 Å². The first-order chi connectivity index (χ1) is 13.8. The standard InChI is InChI=1S/C26H27FO2/c1-17(2)21-14-22(19-10-12-20(27)13-11-19)24(25-23(21)15-26(3,4)29-25)28-16-18-8-6-5-7-9-18/h5-14,17H,15-16H2,1-4H3. The highest BCUT2D eigenvalue weighted by Crippen LogP contribution is 2.50. The van der Waals surface area contributed by atoms with Crippen molar-refractivity contribution in [3.63, 3.8) is 0 Å². The lowest BCUT2D eigenvalue weighted by Gasteiger charge is -2.21. The molecule has 29 heavy (non-hydrogen) atoms. The topological polar surface area (TPSA) is 18.5 Å². The highest BCUT2D eigenvalue weighted by molar-refractivity contribution is 5.77. The third-order valence-electron chi connectivity index (χ3n) is 5.36. The molecule has 0 N–H and O–H groups in total. The van der Waals surface area contributed by atoms with E-state index in [1.807, 2.05) is 30.3 Å². The summed E-state index contributed by atoms with van der Waals surface area (Å²) in [6.07, 6.45) is 0.848. The van der Waals surface area contributed by atoms with Gasteiger partial charge in [-0.1, -0.05) is 56.3 Å². The van der Waals surface area contributed by atoms with Gasteiger partial charge < -0.3 is 9.47 Å². The van der Waals surface area contributed by atoms with Gasteiger partial charge in [-0.15, -0.1) is 0 Å². The molecule has 0 fully saturated rings. The SMILES string of the molecule is CC(C)c1cc(-c2ccc(F)cc2)c(OCc2ccccc2)c2c1CC(C)(C)O2. The zero-order valence-electron chi connectivity index (χ0n) is 17.5. The first-order valence-corrected chi connectivity index (χ1v) is 10.2. The molecule has 0 atom stereocenters. The van der Waals surface area contributed by atoms with Gasteiger partial charge in [-0.3, -0.25) is 0 Å². The van der Waals surface area contributed by atoms with Crippen molar-refractivity contribution in [2.24, 2.45) is 0 Å². The minimum absolute atomic E-state index is 0.247. The van der Waals surface area contributed by atoms with Crippen LogP contribution in [0.25, 0.3) is 11.1 Å². The van der Waals surface area contributed by atoms with Crippen LogP contribution in [0.2, 0.25) is 0 Å². The van der Waals surface area contributed by atoms with E-state index in [1.54, 1.807) is 12.1 Å². The van der Waals surface area contributed by atoms with E-state index in [2.05, 4.69) is 33.8 Å². The predicted octanol–water partition coefficient (Wildman–Crippen LogP) is 6.91. The van der Waals surface area contributed by atoms with Crippen molar-refractivity contribution < 1.29 is 13.9 Å². The largest absolute Gasteiger partial charge is 0.484 e. The molecular weight excluding hydrogens is 363 g/mol. The van der Waals surface area contributed by atoms with Crippen molar-refractivity contribution in [1.82, 2.24) is 0 Å². The van der Waals surface area contributed by atoms with Crippen molar-refractivity contribution in [3.05, 3.63) is 83.2 Å². The highest BCUT2D eigenvalue weighted by atomic mass is 19.1. The van der Waals surface area contributed by atoms with Gasteiger partial charge in [0.05, 0.1) is 0 Å². The number of hydrogen-bond acceptors (Lipinski definition) is 2. The highest BCUT2D eigenvalue weighted by Gasteiger charge is 2.36. The van der Waals surface area contributed by atoms with E-state index in [9.17, 15) is 4.39 Å². The Balaban J connectivity index is 1.86. The summed E-state index contributed by atoms with van der Waals surface area (Å²) in [4.78, 5) is 0. The summed E-state index contributed by atoms with van der Waals surface area (Å²) in [5.41, 5.74) is 5.17. The smallest absolute Gasteiger partial charge is 0.169 e. The molecule has 0 amide bonds. The minimum atomic E-state index is -0.280. The molecule has 0 bridgehead atoms. The molecule has 0 unspecified atom stereocenters. The zero-order chi connectivity index (χ0) is 20.6. The van der Waals surface area contributed by atoms with Crippen molar-refractivity contribution >= 4 is 0 Å². The van der Waals surface area contributed by atoms with Crippen LogP contribution in [0.1, 0.15) is 50.3 Å². The second-order valence-electron chi connectivity index (χ2n) is 8.62. The molecule has 3 aromatic carbocycles. The summed E-state index contributed by atoms with van der Waals surface area (Å²) in [5, 5.41) is 0. The molecular formula is C26H27FO2. The summed E-state index contributed by atoms with van der Waals surface area (Å²) < 4.78 is 26.3. The molecule has 0 radical (unpaired) electrons. The Hall–Kier alpha value is -2.81. The Morgan fingerprint density at radius 2 is 1.72 bits per heavy atom. The quantitative estimate of drug-likeness (QED) is 0.471. The van der Waals surface area contributed by atoms with Crippen LogP contribution in [0, 0.1) is 5.82 Å². The molecule has 0 saturated carbocycles. The third-order valence-corrected chi connectivity index (χ3v) is 5.36. The molecule has 2 nitrogen and oxygen atoms in total. The Kier molecular flexibility index (Phi) is 5.08. The van der Waals surface area contributed by atoms with E-state index in [-0.39, 0.29) is 11.4 Å². The van der Waals surface area contributed by atoms with Gasteiger partial charge in [-0.25, -0.2) is 4.39 Å². The molecule has 0 saturated heterocycles. The number of hydrogen-bond donors (Lipinski definition) is 0. The lowest BCUT2D eigenvalue weighted by atomic mass is 9.88. The van der Waals surface area contributed by atoms with Crippen LogP contribution in [-0.2, 0) is 13.0 Å². The Morgan fingerprint density at radius 1 is 1.03 bits per heavy atom. The summed E-state index contributed by atoms with van der Waals surface area (Å²) in [7, 11) is 0. The maximum Gasteiger partial charge on any atom is 0.169 e. The second-order valence-corrected chi connectivity index (χ2v) is 8.62. The molecule has 0 spiro atoms. The van der Waals surface area contributed by atoms with E-state index in [4.69, 9.17) is 9.47 Å². The van der Waals surface area contributed by atoms with Crippen LogP contribution in [0.15, 0.2) is 60.7 Å². The molecule has 0 aromatic heterocycles. The van der Waals surface area contributed by atoms with E-state index >= 15 is 0 Å². The average Bonchev–Trinajstić information content (AvgIpc) is 3.02. The maximum absolute atomic E-state index is 13.5. The Morgan fingerprint density at radius 3 is 2.38 bits per heavy atom. The van der Waals surface area contributed by atoms with Gasteiger partial charge in [0.25, 0.3) is 0 Å². The van der Waals surface area contributed by atoms with Crippen molar-refractivity contribution in [2.45, 2.75) is 52.2 Å². The van der Waals surface area contributed by atoms with Crippen molar-refractivity contribution in [1.29, 1.82) is 0 Å². The zero-order valence-corrected chi connectivity index (χ0v) is 17.5. The number of benzene rings is 3. The normalized spacial score (nSPS) is 14.6. The van der Waals surface area contributed by atoms with Crippen LogP contribution in [0.3, 0.4) is 0 Å². The molecule has 1 heterocycles. The molecule has 150 valence electrons. The van der Waals surface area contributed by atoms with Crippen LogP contribution < -0.4 is 9.47 Å². The molecule has 0 aliphatic carbocycles. The van der Waals surface area contributed by atoms with Crippen molar-refractivity contribution in [3.8, 4) is 22.6 Å². The molecule has 1 aliphatic rings. The molecule has 3 aromatic rings. The van der Waals surface area contributed by atoms with E-state index in [1.165, 1.54) is 23.3 Å². The summed E-state index contributed by atoms with van der Waals surface area (Å²) in [6, 6.07) is 18.9. The van der Waals surface area contributed by atoms with Crippen LogP contribution >= 0.6 is 0 Å². The molecule has 4 rings (SSSR count). The van der Waals surface area contributed by atoms with E-state index < -0.39 is 0 Å². The lowest BCUT2D eigenvalue weighted by Crippen LogP contribution is -2.25. The predicted molar refractivity (Wildman–Crippen MR) is 115 cm³/mol. The van der Waals surface area contributed by atoms with E-state index in [0.29, 0.717) is 12.5 Å². The third kappa shape index (κ3) is 4.00. The Labute approximate surface area is 172 Å². The first-order valence-electron chi connectivity index (χ1n) is 10.2. The van der Waals surface area contributed by atoms with E-state index in [0.717, 1.165) is 34.6 Å². The number of halogens is 1. The lowest BCUT2D eigenvalue weighted by molar-refractivity contribution is 0.131. The summed E-state index contributed by atoms with van der Waals surface area (Å²) in [6.45, 7) is 9.05. The van der Waals surface area contributed by atoms with Crippen LogP contribution in [-0.4, -0.2) is 5.60 Å². The van der Waals surface area contributed by atoms with Gasteiger partial charge in [0, 0.05) is 17.5 Å². The van der Waals surface area contributed by atoms with Crippen LogP contribution in [0.4, 0.5) is 4.39 Å². The fourth-order valence-electron chi connectivity index (χ4n) is 3.96. The minimum Gasteiger partial charge on any atom is -0.484 e. The number of rotatable bonds is 5. The fourth-order valence-corrected chi connectivity index (χ4v) is 3.96. The van der Waals surface area contributed by atoms with Gasteiger partial charge >= 0.3 is 0 Å². The number of ether oxygens (including phenoxy) is 2. The summed E-state index contributed by atoms with van der Waals surface area (Å²) in [5.74, 6) is 1.67. The molecule has 1 aliphatic heterocycles. The van der Waals surface area contributed by atoms with Crippen LogP contribution in [0.5, 0.6) is 11.5 Å². The molecule has 3 heteroatoms. The average molecular weight is 390 g/mol. The monoisotopic (exact) mass is 390 g/mol. The van der Waals surface area contributed by atoms with Gasteiger partial charge in [0.1, 0.15) is 18.0 Å². The first kappa shape index (κ1) is 19.5. The summed E-state index contributed by atoms with van der Waals surface area (Å²) >= 11 is 0.